The third kappa shape index (κ3) is 3.59. The van der Waals surface area contributed by atoms with Crippen molar-refractivity contribution < 1.29 is 9.53 Å². The number of para-hydroxylation sites is 1. The standard InChI is InChI=1S/C20H20N4O2/c1-14(25)24-11-10-18(13-24)26-17-8-6-16(7-9-17)22-20-21-12-15-4-2-3-5-19(15)23-20/h2-9,12,18H,10-11,13H2,1H3,(H,21,22,23). The zero-order valence-electron chi connectivity index (χ0n) is 14.6. The molecule has 0 bridgehead atoms. The van der Waals surface area contributed by atoms with Crippen molar-refractivity contribution in [2.75, 3.05) is 18.4 Å². The van der Waals surface area contributed by atoms with E-state index in [1.807, 2.05) is 59.6 Å². The number of anilines is 2. The molecule has 1 saturated heterocycles. The summed E-state index contributed by atoms with van der Waals surface area (Å²) in [6, 6.07) is 15.6. The largest absolute Gasteiger partial charge is 0.489 e. The van der Waals surface area contributed by atoms with E-state index in [0.29, 0.717) is 12.5 Å². The smallest absolute Gasteiger partial charge is 0.227 e. The number of hydrogen-bond acceptors (Lipinski definition) is 5. The number of aromatic nitrogens is 2. The van der Waals surface area contributed by atoms with E-state index in [-0.39, 0.29) is 12.0 Å². The van der Waals surface area contributed by atoms with Crippen LogP contribution in [0.2, 0.25) is 0 Å². The van der Waals surface area contributed by atoms with Crippen LogP contribution in [0.3, 0.4) is 0 Å². The molecule has 0 spiro atoms. The molecule has 1 N–H and O–H groups in total. The summed E-state index contributed by atoms with van der Waals surface area (Å²) in [7, 11) is 0. The summed E-state index contributed by atoms with van der Waals surface area (Å²) in [5, 5.41) is 4.22. The molecule has 0 radical (unpaired) electrons. The van der Waals surface area contributed by atoms with Crippen LogP contribution in [-0.2, 0) is 4.79 Å². The van der Waals surface area contributed by atoms with Crippen LogP contribution >= 0.6 is 0 Å². The summed E-state index contributed by atoms with van der Waals surface area (Å²) in [5.74, 6) is 1.46. The molecule has 0 aliphatic carbocycles. The van der Waals surface area contributed by atoms with Gasteiger partial charge in [0.15, 0.2) is 0 Å². The van der Waals surface area contributed by atoms with Gasteiger partial charge in [-0.1, -0.05) is 18.2 Å². The SMILES string of the molecule is CC(=O)N1CCC(Oc2ccc(Nc3ncc4ccccc4n3)cc2)C1. The predicted octanol–water partition coefficient (Wildman–Crippen LogP) is 3.37. The molecule has 1 atom stereocenters. The van der Waals surface area contributed by atoms with Crippen LogP contribution in [0, 0.1) is 0 Å². The second kappa shape index (κ2) is 7.00. The lowest BCUT2D eigenvalue weighted by atomic mass is 10.2. The van der Waals surface area contributed by atoms with Crippen LogP contribution in [0.15, 0.2) is 54.7 Å². The molecule has 1 fully saturated rings. The molecular weight excluding hydrogens is 328 g/mol. The first-order valence-corrected chi connectivity index (χ1v) is 8.68. The van der Waals surface area contributed by atoms with Crippen molar-refractivity contribution in [3.05, 3.63) is 54.7 Å². The van der Waals surface area contributed by atoms with Crippen LogP contribution in [-0.4, -0.2) is 40.0 Å². The molecule has 1 amide bonds. The molecule has 1 aromatic heterocycles. The fourth-order valence-corrected chi connectivity index (χ4v) is 3.08. The van der Waals surface area contributed by atoms with Gasteiger partial charge in [-0.05, 0) is 30.3 Å². The Kier molecular flexibility index (Phi) is 4.39. The minimum absolute atomic E-state index is 0.0570. The van der Waals surface area contributed by atoms with Gasteiger partial charge in [-0.25, -0.2) is 9.97 Å². The lowest BCUT2D eigenvalue weighted by Crippen LogP contribution is -2.28. The highest BCUT2D eigenvalue weighted by molar-refractivity contribution is 5.78. The second-order valence-electron chi connectivity index (χ2n) is 6.40. The number of likely N-dealkylation sites (tertiary alicyclic amines) is 1. The highest BCUT2D eigenvalue weighted by Crippen LogP contribution is 2.22. The Labute approximate surface area is 151 Å². The van der Waals surface area contributed by atoms with E-state index < -0.39 is 0 Å². The van der Waals surface area contributed by atoms with E-state index in [0.717, 1.165) is 35.3 Å². The molecule has 1 unspecified atom stereocenters. The maximum absolute atomic E-state index is 11.4. The van der Waals surface area contributed by atoms with Crippen molar-refractivity contribution in [2.45, 2.75) is 19.4 Å². The normalized spacial score (nSPS) is 16.7. The summed E-state index contributed by atoms with van der Waals surface area (Å²) in [5.41, 5.74) is 1.80. The molecule has 3 aromatic rings. The second-order valence-corrected chi connectivity index (χ2v) is 6.40. The van der Waals surface area contributed by atoms with Gasteiger partial charge in [0.2, 0.25) is 11.9 Å². The zero-order valence-corrected chi connectivity index (χ0v) is 14.6. The Balaban J connectivity index is 1.40. The number of carbonyl (C=O) groups is 1. The molecule has 2 heterocycles. The van der Waals surface area contributed by atoms with Crippen molar-refractivity contribution in [1.29, 1.82) is 0 Å². The fourth-order valence-electron chi connectivity index (χ4n) is 3.08. The van der Waals surface area contributed by atoms with E-state index in [9.17, 15) is 4.79 Å². The van der Waals surface area contributed by atoms with Crippen molar-refractivity contribution in [2.24, 2.45) is 0 Å². The third-order valence-corrected chi connectivity index (χ3v) is 4.49. The van der Waals surface area contributed by atoms with Crippen molar-refractivity contribution in [3.63, 3.8) is 0 Å². The van der Waals surface area contributed by atoms with Crippen LogP contribution in [0.4, 0.5) is 11.6 Å². The molecule has 6 heteroatoms. The lowest BCUT2D eigenvalue weighted by Gasteiger charge is -2.15. The predicted molar refractivity (Wildman–Crippen MR) is 101 cm³/mol. The number of carbonyl (C=O) groups excluding carboxylic acids is 1. The summed E-state index contributed by atoms with van der Waals surface area (Å²) < 4.78 is 5.97. The van der Waals surface area contributed by atoms with Gasteiger partial charge in [0.25, 0.3) is 0 Å². The number of fused-ring (bicyclic) bond motifs is 1. The Hall–Kier alpha value is -3.15. The summed E-state index contributed by atoms with van der Waals surface area (Å²) in [4.78, 5) is 22.1. The molecule has 6 nitrogen and oxygen atoms in total. The molecule has 0 saturated carbocycles. The van der Waals surface area contributed by atoms with E-state index in [1.54, 1.807) is 6.92 Å². The van der Waals surface area contributed by atoms with Gasteiger partial charge in [-0.3, -0.25) is 4.79 Å². The first-order valence-electron chi connectivity index (χ1n) is 8.68. The van der Waals surface area contributed by atoms with Gasteiger partial charge in [-0.2, -0.15) is 0 Å². The topological polar surface area (TPSA) is 67.3 Å². The Morgan fingerprint density at radius 2 is 2.00 bits per heavy atom. The van der Waals surface area contributed by atoms with Crippen LogP contribution in [0.25, 0.3) is 10.9 Å². The number of benzene rings is 2. The number of nitrogens with zero attached hydrogens (tertiary/aromatic N) is 3. The first kappa shape index (κ1) is 16.3. The van der Waals surface area contributed by atoms with E-state index >= 15 is 0 Å². The number of ether oxygens (including phenoxy) is 1. The minimum Gasteiger partial charge on any atom is -0.489 e. The Bertz CT molecular complexity index is 927. The molecule has 4 rings (SSSR count). The van der Waals surface area contributed by atoms with Gasteiger partial charge in [0.05, 0.1) is 12.1 Å². The monoisotopic (exact) mass is 348 g/mol. The molecule has 26 heavy (non-hydrogen) atoms. The molecule has 1 aliphatic heterocycles. The van der Waals surface area contributed by atoms with Crippen LogP contribution < -0.4 is 10.1 Å². The molecule has 132 valence electrons. The van der Waals surface area contributed by atoms with Crippen molar-refractivity contribution in [3.8, 4) is 5.75 Å². The van der Waals surface area contributed by atoms with Gasteiger partial charge >= 0.3 is 0 Å². The average molecular weight is 348 g/mol. The Morgan fingerprint density at radius 3 is 2.77 bits per heavy atom. The summed E-state index contributed by atoms with van der Waals surface area (Å²) >= 11 is 0. The average Bonchev–Trinajstić information content (AvgIpc) is 3.12. The van der Waals surface area contributed by atoms with E-state index in [1.165, 1.54) is 0 Å². The zero-order chi connectivity index (χ0) is 17.9. The molecular formula is C20H20N4O2. The maximum Gasteiger partial charge on any atom is 0.227 e. The maximum atomic E-state index is 11.4. The highest BCUT2D eigenvalue weighted by atomic mass is 16.5. The number of rotatable bonds is 4. The fraction of sp³-hybridized carbons (Fsp3) is 0.250. The van der Waals surface area contributed by atoms with Crippen LogP contribution in [0.5, 0.6) is 5.75 Å². The van der Waals surface area contributed by atoms with Crippen LogP contribution in [0.1, 0.15) is 13.3 Å². The van der Waals surface area contributed by atoms with E-state index in [4.69, 9.17) is 4.74 Å². The molecule has 2 aromatic carbocycles. The third-order valence-electron chi connectivity index (χ3n) is 4.49. The number of amides is 1. The van der Waals surface area contributed by atoms with Gasteiger partial charge in [0, 0.05) is 37.2 Å². The van der Waals surface area contributed by atoms with E-state index in [2.05, 4.69) is 15.3 Å². The first-order chi connectivity index (χ1) is 12.7. The minimum atomic E-state index is 0.0570. The number of hydrogen-bond donors (Lipinski definition) is 1. The lowest BCUT2D eigenvalue weighted by molar-refractivity contribution is -0.128. The van der Waals surface area contributed by atoms with Gasteiger partial charge in [0.1, 0.15) is 11.9 Å². The van der Waals surface area contributed by atoms with Crippen molar-refractivity contribution in [1.82, 2.24) is 14.9 Å². The van der Waals surface area contributed by atoms with Gasteiger partial charge in [-0.15, -0.1) is 0 Å². The quantitative estimate of drug-likeness (QED) is 0.783. The Morgan fingerprint density at radius 1 is 1.19 bits per heavy atom. The summed E-state index contributed by atoms with van der Waals surface area (Å²) in [6.45, 7) is 3.01. The number of nitrogens with one attached hydrogen (secondary N) is 1. The summed E-state index contributed by atoms with van der Waals surface area (Å²) in [6.07, 6.45) is 2.73. The van der Waals surface area contributed by atoms with Crippen molar-refractivity contribution >= 4 is 28.4 Å². The highest BCUT2D eigenvalue weighted by Gasteiger charge is 2.25. The molecule has 1 aliphatic rings. The van der Waals surface area contributed by atoms with Gasteiger partial charge < -0.3 is 15.0 Å².